The molecule has 1 aromatic heterocycles. The Morgan fingerprint density at radius 3 is 2.46 bits per heavy atom. The molecule has 0 saturated heterocycles. The van der Waals surface area contributed by atoms with Crippen LogP contribution >= 0.6 is 11.6 Å². The minimum absolute atomic E-state index is 0.143. The smallest absolute Gasteiger partial charge is 0.335 e. The second-order valence-electron chi connectivity index (χ2n) is 7.90. The molecule has 0 fully saturated rings. The number of nitrogen functional groups attached to an aromatic ring is 1. The highest BCUT2D eigenvalue weighted by Gasteiger charge is 2.28. The van der Waals surface area contributed by atoms with E-state index in [-0.39, 0.29) is 29.6 Å². The minimum atomic E-state index is -1.03. The number of nitrogens with zero attached hydrogens (tertiary/aromatic N) is 3. The molecule has 3 aromatic carbocycles. The lowest BCUT2D eigenvalue weighted by Crippen LogP contribution is -2.22. The van der Waals surface area contributed by atoms with E-state index < -0.39 is 17.6 Å². The summed E-state index contributed by atoms with van der Waals surface area (Å²) >= 11 is 6.27. The fourth-order valence-electron chi connectivity index (χ4n) is 4.10. The summed E-state index contributed by atoms with van der Waals surface area (Å²) in [6.45, 7) is 0.217. The van der Waals surface area contributed by atoms with E-state index in [1.807, 2.05) is 0 Å². The zero-order valence-corrected chi connectivity index (χ0v) is 18.9. The molecule has 4 aromatic rings. The Hall–Kier alpha value is -4.24. The summed E-state index contributed by atoms with van der Waals surface area (Å²) in [7, 11) is 0. The molecule has 0 bridgehead atoms. The molecule has 0 saturated carbocycles. The van der Waals surface area contributed by atoms with Crippen molar-refractivity contribution in [2.45, 2.75) is 6.42 Å². The molecule has 1 aliphatic rings. The molecule has 1 aliphatic heterocycles. The van der Waals surface area contributed by atoms with Crippen molar-refractivity contribution < 1.29 is 18.7 Å². The fraction of sp³-hybridized carbons (Fsp3) is 0.0800. The number of fused-ring (bicyclic) bond motifs is 3. The van der Waals surface area contributed by atoms with Crippen LogP contribution in [0.1, 0.15) is 15.9 Å². The zero-order valence-electron chi connectivity index (χ0n) is 18.1. The number of rotatable bonds is 4. The van der Waals surface area contributed by atoms with Crippen LogP contribution < -0.4 is 16.0 Å². The summed E-state index contributed by atoms with van der Waals surface area (Å²) in [5.74, 6) is -2.03. The third-order valence-electron chi connectivity index (χ3n) is 5.73. The van der Waals surface area contributed by atoms with Gasteiger partial charge >= 0.3 is 5.97 Å². The monoisotopic (exact) mass is 493 g/mol. The van der Waals surface area contributed by atoms with Gasteiger partial charge in [0.1, 0.15) is 23.1 Å². The number of carboxylic acid groups (broad SMARTS) is 1. The van der Waals surface area contributed by atoms with Gasteiger partial charge in [-0.15, -0.1) is 0 Å². The number of nitrogens with one attached hydrogen (secondary N) is 1. The molecule has 2 heterocycles. The van der Waals surface area contributed by atoms with Gasteiger partial charge in [-0.3, -0.25) is 0 Å². The number of aromatic nitrogens is 2. The van der Waals surface area contributed by atoms with Crippen molar-refractivity contribution in [3.05, 3.63) is 88.4 Å². The average molecular weight is 494 g/mol. The topological polar surface area (TPSA) is 104 Å². The number of halogens is 3. The SMILES string of the molecule is Nc1nc(Nc2ccc(C(=O)O)cc2)nc2c1CCN(c1c(F)cccc1F)c1cc(Cl)ccc1-2. The van der Waals surface area contributed by atoms with Gasteiger partial charge in [0.25, 0.3) is 0 Å². The van der Waals surface area contributed by atoms with E-state index in [2.05, 4.69) is 15.3 Å². The van der Waals surface area contributed by atoms with Crippen molar-refractivity contribution in [2.24, 2.45) is 0 Å². The Morgan fingerprint density at radius 2 is 1.77 bits per heavy atom. The van der Waals surface area contributed by atoms with Crippen LogP contribution in [0, 0.1) is 11.6 Å². The molecule has 0 atom stereocenters. The second-order valence-corrected chi connectivity index (χ2v) is 8.34. The van der Waals surface area contributed by atoms with Crippen LogP contribution in [0.5, 0.6) is 0 Å². The largest absolute Gasteiger partial charge is 0.478 e. The molecule has 7 nitrogen and oxygen atoms in total. The first-order chi connectivity index (χ1) is 16.8. The first-order valence-corrected chi connectivity index (χ1v) is 11.0. The number of benzene rings is 3. The molecular formula is C25H18ClF2N5O2. The van der Waals surface area contributed by atoms with E-state index in [0.29, 0.717) is 39.6 Å². The molecule has 4 N–H and O–H groups in total. The van der Waals surface area contributed by atoms with Gasteiger partial charge in [-0.1, -0.05) is 17.7 Å². The van der Waals surface area contributed by atoms with Crippen LogP contribution in [0.25, 0.3) is 11.3 Å². The van der Waals surface area contributed by atoms with Crippen LogP contribution in [0.2, 0.25) is 5.02 Å². The Morgan fingerprint density at radius 1 is 1.06 bits per heavy atom. The number of hydrogen-bond acceptors (Lipinski definition) is 6. The molecule has 0 unspecified atom stereocenters. The highest BCUT2D eigenvalue weighted by Crippen LogP contribution is 2.43. The number of carbonyl (C=O) groups is 1. The summed E-state index contributed by atoms with van der Waals surface area (Å²) in [6, 6.07) is 14.8. The van der Waals surface area contributed by atoms with Gasteiger partial charge in [0.15, 0.2) is 0 Å². The second kappa shape index (κ2) is 8.84. The van der Waals surface area contributed by atoms with Crippen molar-refractivity contribution in [2.75, 3.05) is 22.5 Å². The molecule has 176 valence electrons. The number of anilines is 5. The first-order valence-electron chi connectivity index (χ1n) is 10.6. The number of nitrogens with two attached hydrogens (primary N) is 1. The summed E-state index contributed by atoms with van der Waals surface area (Å²) in [4.78, 5) is 21.6. The Bertz CT molecular complexity index is 1440. The van der Waals surface area contributed by atoms with E-state index in [4.69, 9.17) is 22.4 Å². The molecule has 0 radical (unpaired) electrons. The molecular weight excluding hydrogens is 476 g/mol. The molecule has 0 aliphatic carbocycles. The molecule has 35 heavy (non-hydrogen) atoms. The predicted octanol–water partition coefficient (Wildman–Crippen LogP) is 5.79. The average Bonchev–Trinajstić information content (AvgIpc) is 2.97. The van der Waals surface area contributed by atoms with Crippen molar-refractivity contribution in [3.63, 3.8) is 0 Å². The summed E-state index contributed by atoms with van der Waals surface area (Å²) < 4.78 is 29.5. The van der Waals surface area contributed by atoms with Crippen LogP contribution in [-0.4, -0.2) is 27.6 Å². The third-order valence-corrected chi connectivity index (χ3v) is 5.96. The van der Waals surface area contributed by atoms with Crippen LogP contribution in [-0.2, 0) is 6.42 Å². The Balaban J connectivity index is 1.61. The number of carboxylic acids is 1. The third kappa shape index (κ3) is 4.22. The molecule has 0 spiro atoms. The summed E-state index contributed by atoms with van der Waals surface area (Å²) in [6.07, 6.45) is 0.328. The van der Waals surface area contributed by atoms with Gasteiger partial charge in [0.2, 0.25) is 5.95 Å². The standard InChI is InChI=1S/C25H18ClF2N5O2/c26-14-6-9-16-20(12-14)33(22-18(27)2-1-3-19(22)28)11-10-17-21(16)31-25(32-23(17)29)30-15-7-4-13(5-8-15)24(34)35/h1-9,12H,10-11H2,(H,34,35)(H3,29,30,31,32). The quantitative estimate of drug-likeness (QED) is 0.330. The van der Waals surface area contributed by atoms with E-state index in [1.54, 1.807) is 30.3 Å². The van der Waals surface area contributed by atoms with Crippen LogP contribution in [0.15, 0.2) is 60.7 Å². The Kier molecular flexibility index (Phi) is 5.70. The predicted molar refractivity (Wildman–Crippen MR) is 131 cm³/mol. The van der Waals surface area contributed by atoms with Crippen molar-refractivity contribution in [3.8, 4) is 11.3 Å². The fourth-order valence-corrected chi connectivity index (χ4v) is 4.27. The van der Waals surface area contributed by atoms with E-state index in [1.165, 1.54) is 35.2 Å². The molecule has 0 amide bonds. The maximum atomic E-state index is 14.7. The van der Waals surface area contributed by atoms with Gasteiger partial charge in [-0.2, -0.15) is 4.98 Å². The van der Waals surface area contributed by atoms with E-state index >= 15 is 0 Å². The van der Waals surface area contributed by atoms with E-state index in [0.717, 1.165) is 0 Å². The van der Waals surface area contributed by atoms with Gasteiger partial charge in [0.05, 0.1) is 16.9 Å². The van der Waals surface area contributed by atoms with E-state index in [9.17, 15) is 13.6 Å². The van der Waals surface area contributed by atoms with Crippen molar-refractivity contribution in [1.29, 1.82) is 0 Å². The molecule has 10 heteroatoms. The summed E-state index contributed by atoms with van der Waals surface area (Å²) in [5.41, 5.74) is 9.03. The van der Waals surface area contributed by atoms with Crippen LogP contribution in [0.4, 0.5) is 37.6 Å². The number of para-hydroxylation sites is 1. The Labute approximate surface area is 203 Å². The first kappa shape index (κ1) is 22.5. The maximum Gasteiger partial charge on any atom is 0.335 e. The minimum Gasteiger partial charge on any atom is -0.478 e. The van der Waals surface area contributed by atoms with Gasteiger partial charge in [-0.05, 0) is 61.0 Å². The highest BCUT2D eigenvalue weighted by atomic mass is 35.5. The lowest BCUT2D eigenvalue weighted by Gasteiger charge is -2.26. The highest BCUT2D eigenvalue weighted by molar-refractivity contribution is 6.31. The number of hydrogen-bond donors (Lipinski definition) is 3. The number of aromatic carboxylic acids is 1. The molecule has 5 rings (SSSR count). The zero-order chi connectivity index (χ0) is 24.7. The maximum absolute atomic E-state index is 14.7. The lowest BCUT2D eigenvalue weighted by molar-refractivity contribution is 0.0697. The van der Waals surface area contributed by atoms with Gasteiger partial charge in [0, 0.05) is 28.4 Å². The van der Waals surface area contributed by atoms with Gasteiger partial charge < -0.3 is 21.1 Å². The van der Waals surface area contributed by atoms with Crippen molar-refractivity contribution >= 4 is 46.4 Å². The lowest BCUT2D eigenvalue weighted by atomic mass is 10.0. The normalized spacial score (nSPS) is 12.5. The van der Waals surface area contributed by atoms with Gasteiger partial charge in [-0.25, -0.2) is 18.6 Å². The van der Waals surface area contributed by atoms with Crippen LogP contribution in [0.3, 0.4) is 0 Å². The van der Waals surface area contributed by atoms with Crippen molar-refractivity contribution in [1.82, 2.24) is 9.97 Å². The summed E-state index contributed by atoms with van der Waals surface area (Å²) in [5, 5.41) is 12.5.